The first kappa shape index (κ1) is 25.4. The number of anilines is 1. The summed E-state index contributed by atoms with van der Waals surface area (Å²) in [6.45, 7) is 3.45. The second-order valence-electron chi connectivity index (χ2n) is 6.50. The van der Waals surface area contributed by atoms with Crippen LogP contribution in [0.1, 0.15) is 53.3 Å². The summed E-state index contributed by atoms with van der Waals surface area (Å²) in [5.41, 5.74) is 6.92. The molecule has 0 aliphatic carbocycles. The lowest BCUT2D eigenvalue weighted by Gasteiger charge is -2.18. The van der Waals surface area contributed by atoms with Crippen molar-refractivity contribution in [3.05, 3.63) is 29.3 Å². The summed E-state index contributed by atoms with van der Waals surface area (Å²) in [4.78, 5) is 44.3. The molecule has 0 fully saturated rings. The quantitative estimate of drug-likeness (QED) is 0.363. The normalized spacial score (nSPS) is 11.0. The zero-order chi connectivity index (χ0) is 21.4. The molecule has 0 bridgehead atoms. The molecule has 1 unspecified atom stereocenters. The molecule has 2 amide bonds. The van der Waals surface area contributed by atoms with Crippen LogP contribution in [0.3, 0.4) is 0 Å². The molecule has 4 N–H and O–H groups in total. The highest BCUT2D eigenvalue weighted by Gasteiger charge is 2.07. The Labute approximate surface area is 166 Å². The molecule has 0 heterocycles. The number of hydrogen-bond acceptors (Lipinski definition) is 7. The fourth-order valence-electron chi connectivity index (χ4n) is 2.20. The van der Waals surface area contributed by atoms with Crippen molar-refractivity contribution in [2.45, 2.75) is 38.6 Å². The monoisotopic (exact) mass is 392 g/mol. The standard InChI is InChI=1S/C12H16N2O2.C8H16N2O2/c13-6-1-2-7-14-12-5-3-4-10(8-15)11(12)9-16;1-7(10(2)3)4-5-8(12)9-6-11/h3-5,8-9,14H,1-2,6-7,13H2;6-7H,4-5H2,1-3H3,(H,9,11,12). The van der Waals surface area contributed by atoms with E-state index < -0.39 is 0 Å². The van der Waals surface area contributed by atoms with Crippen LogP contribution in [0.2, 0.25) is 0 Å². The SMILES string of the molecule is CC(CCC(=O)NC=O)N(C)C.NCCCCNc1cccc(C=O)c1C=O. The minimum absolute atomic E-state index is 0.210. The van der Waals surface area contributed by atoms with Gasteiger partial charge in [0.1, 0.15) is 0 Å². The van der Waals surface area contributed by atoms with Crippen LogP contribution in [-0.2, 0) is 9.59 Å². The Balaban J connectivity index is 0.000000546. The van der Waals surface area contributed by atoms with E-state index in [4.69, 9.17) is 5.73 Å². The molecule has 0 saturated heterocycles. The van der Waals surface area contributed by atoms with E-state index in [-0.39, 0.29) is 5.91 Å². The van der Waals surface area contributed by atoms with E-state index in [1.165, 1.54) is 0 Å². The molecule has 28 heavy (non-hydrogen) atoms. The van der Waals surface area contributed by atoms with Gasteiger partial charge in [0.2, 0.25) is 12.3 Å². The zero-order valence-corrected chi connectivity index (χ0v) is 16.9. The van der Waals surface area contributed by atoms with Crippen LogP contribution in [0.25, 0.3) is 0 Å². The highest BCUT2D eigenvalue weighted by atomic mass is 16.2. The van der Waals surface area contributed by atoms with E-state index in [1.807, 2.05) is 25.9 Å². The Morgan fingerprint density at radius 1 is 1.18 bits per heavy atom. The number of carbonyl (C=O) groups is 4. The van der Waals surface area contributed by atoms with Gasteiger partial charge in [-0.1, -0.05) is 12.1 Å². The Morgan fingerprint density at radius 3 is 2.43 bits per heavy atom. The molecule has 1 aromatic carbocycles. The fraction of sp³-hybridized carbons (Fsp3) is 0.500. The highest BCUT2D eigenvalue weighted by Crippen LogP contribution is 2.16. The lowest BCUT2D eigenvalue weighted by atomic mass is 10.1. The van der Waals surface area contributed by atoms with E-state index in [9.17, 15) is 19.2 Å². The van der Waals surface area contributed by atoms with Crippen LogP contribution in [0.15, 0.2) is 18.2 Å². The minimum atomic E-state index is -0.210. The van der Waals surface area contributed by atoms with Crippen molar-refractivity contribution in [1.29, 1.82) is 0 Å². The molecular formula is C20H32N4O4. The smallest absolute Gasteiger partial charge is 0.226 e. The number of hydrogen-bond donors (Lipinski definition) is 3. The molecule has 1 aromatic rings. The Morgan fingerprint density at radius 2 is 1.89 bits per heavy atom. The van der Waals surface area contributed by atoms with Crippen molar-refractivity contribution in [1.82, 2.24) is 10.2 Å². The number of aldehydes is 2. The largest absolute Gasteiger partial charge is 0.384 e. The summed E-state index contributed by atoms with van der Waals surface area (Å²) in [7, 11) is 3.92. The zero-order valence-electron chi connectivity index (χ0n) is 16.9. The number of nitrogens with one attached hydrogen (secondary N) is 2. The van der Waals surface area contributed by atoms with Crippen LogP contribution in [-0.4, -0.2) is 63.0 Å². The van der Waals surface area contributed by atoms with Gasteiger partial charge in [0.25, 0.3) is 0 Å². The minimum Gasteiger partial charge on any atom is -0.384 e. The van der Waals surface area contributed by atoms with Gasteiger partial charge >= 0.3 is 0 Å². The molecule has 1 rings (SSSR count). The van der Waals surface area contributed by atoms with Crippen LogP contribution in [0, 0.1) is 0 Å². The van der Waals surface area contributed by atoms with E-state index in [2.05, 4.69) is 10.6 Å². The number of carbonyl (C=O) groups excluding carboxylic acids is 4. The number of imide groups is 1. The summed E-state index contributed by atoms with van der Waals surface area (Å²) in [6, 6.07) is 5.53. The van der Waals surface area contributed by atoms with E-state index >= 15 is 0 Å². The highest BCUT2D eigenvalue weighted by molar-refractivity contribution is 5.95. The maximum atomic E-state index is 10.9. The average Bonchev–Trinajstić information content (AvgIpc) is 2.69. The number of nitrogens with two attached hydrogens (primary N) is 1. The van der Waals surface area contributed by atoms with Crippen molar-refractivity contribution in [2.24, 2.45) is 5.73 Å². The van der Waals surface area contributed by atoms with Crippen LogP contribution in [0.4, 0.5) is 5.69 Å². The molecule has 0 spiro atoms. The van der Waals surface area contributed by atoms with E-state index in [0.29, 0.717) is 54.8 Å². The van der Waals surface area contributed by atoms with Gasteiger partial charge in [-0.05, 0) is 52.9 Å². The first-order valence-electron chi connectivity index (χ1n) is 9.27. The van der Waals surface area contributed by atoms with Gasteiger partial charge in [-0.3, -0.25) is 24.5 Å². The summed E-state index contributed by atoms with van der Waals surface area (Å²) >= 11 is 0. The van der Waals surface area contributed by atoms with Gasteiger partial charge in [-0.2, -0.15) is 0 Å². The second-order valence-corrected chi connectivity index (χ2v) is 6.50. The van der Waals surface area contributed by atoms with Crippen LogP contribution >= 0.6 is 0 Å². The molecular weight excluding hydrogens is 360 g/mol. The third kappa shape index (κ3) is 10.5. The first-order chi connectivity index (χ1) is 13.4. The lowest BCUT2D eigenvalue weighted by molar-refractivity contribution is -0.125. The molecule has 8 nitrogen and oxygen atoms in total. The molecule has 0 aliphatic heterocycles. The average molecular weight is 393 g/mol. The van der Waals surface area contributed by atoms with Crippen molar-refractivity contribution < 1.29 is 19.2 Å². The van der Waals surface area contributed by atoms with Gasteiger partial charge in [0.15, 0.2) is 12.6 Å². The summed E-state index contributed by atoms with van der Waals surface area (Å²) in [5, 5.41) is 5.23. The van der Waals surface area contributed by atoms with Crippen molar-refractivity contribution in [2.75, 3.05) is 32.5 Å². The molecule has 8 heteroatoms. The Bertz CT molecular complexity index is 620. The van der Waals surface area contributed by atoms with E-state index in [1.54, 1.807) is 18.2 Å². The number of unbranched alkanes of at least 4 members (excludes halogenated alkanes) is 1. The van der Waals surface area contributed by atoms with Gasteiger partial charge < -0.3 is 16.0 Å². The number of nitrogens with zero attached hydrogens (tertiary/aromatic N) is 1. The van der Waals surface area contributed by atoms with Gasteiger partial charge in [-0.15, -0.1) is 0 Å². The predicted octanol–water partition coefficient (Wildman–Crippen LogP) is 1.45. The van der Waals surface area contributed by atoms with Gasteiger partial charge in [0, 0.05) is 35.8 Å². The Kier molecular flexibility index (Phi) is 14.0. The molecule has 0 aromatic heterocycles. The van der Waals surface area contributed by atoms with Crippen molar-refractivity contribution >= 4 is 30.6 Å². The predicted molar refractivity (Wildman–Crippen MR) is 111 cm³/mol. The maximum absolute atomic E-state index is 10.9. The molecule has 0 aliphatic rings. The summed E-state index contributed by atoms with van der Waals surface area (Å²) in [5.74, 6) is -0.210. The number of amides is 2. The lowest BCUT2D eigenvalue weighted by Crippen LogP contribution is -2.28. The topological polar surface area (TPSA) is 122 Å². The Hall–Kier alpha value is -2.58. The van der Waals surface area contributed by atoms with Crippen molar-refractivity contribution in [3.63, 3.8) is 0 Å². The van der Waals surface area contributed by atoms with Gasteiger partial charge in [0.05, 0.1) is 0 Å². The van der Waals surface area contributed by atoms with E-state index in [0.717, 1.165) is 25.8 Å². The molecule has 1 atom stereocenters. The molecule has 156 valence electrons. The van der Waals surface area contributed by atoms with Gasteiger partial charge in [-0.25, -0.2) is 0 Å². The summed E-state index contributed by atoms with van der Waals surface area (Å²) in [6.07, 6.45) is 4.87. The molecule has 0 radical (unpaired) electrons. The third-order valence-corrected chi connectivity index (χ3v) is 4.22. The van der Waals surface area contributed by atoms with Crippen LogP contribution < -0.4 is 16.4 Å². The van der Waals surface area contributed by atoms with Crippen LogP contribution in [0.5, 0.6) is 0 Å². The second kappa shape index (κ2) is 15.5. The maximum Gasteiger partial charge on any atom is 0.226 e. The number of benzene rings is 1. The first-order valence-corrected chi connectivity index (χ1v) is 9.27. The summed E-state index contributed by atoms with van der Waals surface area (Å²) < 4.78 is 0. The molecule has 0 saturated carbocycles. The van der Waals surface area contributed by atoms with Crippen molar-refractivity contribution in [3.8, 4) is 0 Å². The third-order valence-electron chi connectivity index (χ3n) is 4.22. The number of rotatable bonds is 12. The fourth-order valence-corrected chi connectivity index (χ4v) is 2.20.